The maximum atomic E-state index is 13.8. The molecule has 4 rings (SSSR count). The number of rotatable bonds is 13. The quantitative estimate of drug-likeness (QED) is 0.215. The lowest BCUT2D eigenvalue weighted by Gasteiger charge is -2.41. The number of hydrogen-bond acceptors (Lipinski definition) is 8. The Morgan fingerprint density at radius 1 is 1.23 bits per heavy atom. The van der Waals surface area contributed by atoms with Crippen LogP contribution < -0.4 is 14.8 Å². The summed E-state index contributed by atoms with van der Waals surface area (Å²) in [4.78, 5) is 39.8. The molecule has 2 saturated carbocycles. The van der Waals surface area contributed by atoms with Gasteiger partial charge in [0.2, 0.25) is 11.8 Å². The fourth-order valence-corrected chi connectivity index (χ4v) is 7.22. The summed E-state index contributed by atoms with van der Waals surface area (Å²) < 4.78 is 17.6. The Hall–Kier alpha value is -2.22. The van der Waals surface area contributed by atoms with E-state index in [-0.39, 0.29) is 38.6 Å². The average Bonchev–Trinajstić information content (AvgIpc) is 3.57. The highest BCUT2D eigenvalue weighted by Gasteiger charge is 2.44. The van der Waals surface area contributed by atoms with Crippen LogP contribution in [0, 0.1) is 21.3 Å². The smallest absolute Gasteiger partial charge is 0.247 e. The van der Waals surface area contributed by atoms with Gasteiger partial charge in [-0.15, -0.1) is 0 Å². The lowest BCUT2D eigenvalue weighted by atomic mass is 9.84. The van der Waals surface area contributed by atoms with Gasteiger partial charge in [-0.05, 0) is 77.8 Å². The topological polar surface area (TPSA) is 135 Å². The van der Waals surface area contributed by atoms with E-state index in [0.29, 0.717) is 56.7 Å². The van der Waals surface area contributed by atoms with Gasteiger partial charge in [0.1, 0.15) is 18.5 Å². The van der Waals surface area contributed by atoms with E-state index in [9.17, 15) is 24.6 Å². The Labute approximate surface area is 248 Å². The predicted octanol–water partition coefficient (Wildman–Crippen LogP) is 2.33. The number of methoxy groups -OCH3 is 2. The number of benzene rings is 1. The Morgan fingerprint density at radius 3 is 2.65 bits per heavy atom. The van der Waals surface area contributed by atoms with Crippen molar-refractivity contribution in [3.05, 3.63) is 32.9 Å². The normalized spacial score (nSPS) is 27.2. The minimum atomic E-state index is -1.15. The molecular formula is C29H39IN2O8. The van der Waals surface area contributed by atoms with E-state index in [1.54, 1.807) is 30.2 Å². The van der Waals surface area contributed by atoms with E-state index in [2.05, 4.69) is 5.32 Å². The number of aliphatic hydroxyl groups is 2. The molecule has 2 amide bonds. The fourth-order valence-electron chi connectivity index (χ4n) is 6.47. The van der Waals surface area contributed by atoms with Gasteiger partial charge in [-0.3, -0.25) is 14.4 Å². The van der Waals surface area contributed by atoms with Crippen LogP contribution in [0.4, 0.5) is 0 Å². The largest absolute Gasteiger partial charge is 0.493 e. The maximum Gasteiger partial charge on any atom is 0.247 e. The molecule has 0 aromatic heterocycles. The summed E-state index contributed by atoms with van der Waals surface area (Å²) in [6.07, 6.45) is 5.35. The minimum Gasteiger partial charge on any atom is -0.493 e. The van der Waals surface area contributed by atoms with Crippen molar-refractivity contribution in [3.63, 3.8) is 0 Å². The molecule has 10 nitrogen and oxygen atoms in total. The monoisotopic (exact) mass is 670 g/mol. The highest BCUT2D eigenvalue weighted by Crippen LogP contribution is 2.49. The summed E-state index contributed by atoms with van der Waals surface area (Å²) in [6, 6.07) is 2.45. The van der Waals surface area contributed by atoms with Gasteiger partial charge in [0.25, 0.3) is 0 Å². The first-order valence-corrected chi connectivity index (χ1v) is 14.9. The third kappa shape index (κ3) is 6.97. The molecule has 220 valence electrons. The lowest BCUT2D eigenvalue weighted by molar-refractivity contribution is -0.141. The van der Waals surface area contributed by atoms with Crippen LogP contribution in [0.1, 0.15) is 48.9 Å². The molecule has 0 aliphatic heterocycles. The number of amides is 2. The van der Waals surface area contributed by atoms with Gasteiger partial charge in [0, 0.05) is 44.2 Å². The zero-order valence-electron chi connectivity index (χ0n) is 23.0. The molecule has 0 spiro atoms. The standard InChI is InChI=1S/C29H39IN2O8/c1-38-8-6-32(26(35)15-20-10-17-3-4-19(20)9-17)23-13-21(29(37)31-5-7-33)14-24(27(23)36)40-28-22(30)11-18(16-34)12-25(28)39-2/h11-12,14,16-17,19-20,23-24,27,33,36H,3-10,13,15H2,1-2H3,(H,31,37)/t17?,19?,20?,23-,24+,27+/m1/s1. The van der Waals surface area contributed by atoms with Crippen LogP contribution in [0.2, 0.25) is 0 Å². The number of carbonyl (C=O) groups is 3. The molecule has 6 atom stereocenters. The van der Waals surface area contributed by atoms with Crippen molar-refractivity contribution in [1.29, 1.82) is 0 Å². The second kappa shape index (κ2) is 14.1. The fraction of sp³-hybridized carbons (Fsp3) is 0.621. The molecule has 3 N–H and O–H groups in total. The SMILES string of the molecule is COCCN(C(=O)CC1CC2CCC1C2)[C@@H]1CC(C(=O)NCCO)=C[C@H](Oc2c(I)cc(C=O)cc2OC)[C@H]1O. The van der Waals surface area contributed by atoms with Crippen molar-refractivity contribution >= 4 is 40.7 Å². The Bertz CT molecular complexity index is 1110. The Balaban J connectivity index is 1.63. The van der Waals surface area contributed by atoms with Gasteiger partial charge in [-0.25, -0.2) is 0 Å². The van der Waals surface area contributed by atoms with Crippen LogP contribution in [-0.2, 0) is 14.3 Å². The maximum absolute atomic E-state index is 13.8. The number of aldehydes is 1. The van der Waals surface area contributed by atoms with Gasteiger partial charge >= 0.3 is 0 Å². The summed E-state index contributed by atoms with van der Waals surface area (Å²) >= 11 is 2.03. The average molecular weight is 671 g/mol. The number of fused-ring (bicyclic) bond motifs is 2. The van der Waals surface area contributed by atoms with E-state index in [1.807, 2.05) is 22.6 Å². The molecule has 0 heterocycles. The number of nitrogens with zero attached hydrogens (tertiary/aromatic N) is 1. The van der Waals surface area contributed by atoms with Crippen LogP contribution in [0.25, 0.3) is 0 Å². The van der Waals surface area contributed by atoms with Crippen LogP contribution >= 0.6 is 22.6 Å². The third-order valence-corrected chi connectivity index (χ3v) is 9.24. The van der Waals surface area contributed by atoms with Gasteiger partial charge in [0.15, 0.2) is 11.5 Å². The van der Waals surface area contributed by atoms with Crippen LogP contribution in [0.5, 0.6) is 11.5 Å². The van der Waals surface area contributed by atoms with E-state index < -0.39 is 24.2 Å². The molecule has 3 unspecified atom stereocenters. The van der Waals surface area contributed by atoms with E-state index in [1.165, 1.54) is 26.4 Å². The Kier molecular flexibility index (Phi) is 10.8. The number of carbonyl (C=O) groups excluding carboxylic acids is 3. The number of ether oxygens (including phenoxy) is 3. The molecule has 0 radical (unpaired) electrons. The van der Waals surface area contributed by atoms with Crippen molar-refractivity contribution in [3.8, 4) is 11.5 Å². The molecule has 40 heavy (non-hydrogen) atoms. The molecule has 3 aliphatic rings. The molecule has 1 aromatic rings. The van der Waals surface area contributed by atoms with Gasteiger partial charge in [-0.1, -0.05) is 6.42 Å². The zero-order chi connectivity index (χ0) is 28.8. The van der Waals surface area contributed by atoms with Crippen molar-refractivity contribution in [2.24, 2.45) is 17.8 Å². The van der Waals surface area contributed by atoms with Crippen molar-refractivity contribution in [2.75, 3.05) is 40.5 Å². The highest BCUT2D eigenvalue weighted by molar-refractivity contribution is 14.1. The molecule has 11 heteroatoms. The number of nitrogens with one attached hydrogen (secondary N) is 1. The van der Waals surface area contributed by atoms with Crippen molar-refractivity contribution < 1.29 is 38.8 Å². The van der Waals surface area contributed by atoms with E-state index in [0.717, 1.165) is 6.42 Å². The third-order valence-electron chi connectivity index (χ3n) is 8.43. The van der Waals surface area contributed by atoms with Crippen LogP contribution in [-0.4, -0.2) is 92.0 Å². The summed E-state index contributed by atoms with van der Waals surface area (Å²) in [7, 11) is 3.02. The number of hydrogen-bond donors (Lipinski definition) is 3. The Morgan fingerprint density at radius 2 is 2.02 bits per heavy atom. The molecule has 1 aromatic carbocycles. The summed E-state index contributed by atoms with van der Waals surface area (Å²) in [5.41, 5.74) is 0.759. The molecule has 2 bridgehead atoms. The highest BCUT2D eigenvalue weighted by atomic mass is 127. The van der Waals surface area contributed by atoms with Crippen molar-refractivity contribution in [1.82, 2.24) is 10.2 Å². The number of halogens is 1. The second-order valence-electron chi connectivity index (χ2n) is 10.9. The summed E-state index contributed by atoms with van der Waals surface area (Å²) in [6.45, 7) is 0.409. The first-order chi connectivity index (χ1) is 19.3. The van der Waals surface area contributed by atoms with E-state index >= 15 is 0 Å². The van der Waals surface area contributed by atoms with Crippen molar-refractivity contribution in [2.45, 2.75) is 56.8 Å². The molecule has 2 fully saturated rings. The molecule has 3 aliphatic carbocycles. The molecule has 0 saturated heterocycles. The van der Waals surface area contributed by atoms with Gasteiger partial charge < -0.3 is 34.6 Å². The first-order valence-electron chi connectivity index (χ1n) is 13.8. The lowest BCUT2D eigenvalue weighted by Crippen LogP contribution is -2.56. The molecular weight excluding hydrogens is 631 g/mol. The van der Waals surface area contributed by atoms with Gasteiger partial charge in [-0.2, -0.15) is 0 Å². The van der Waals surface area contributed by atoms with Gasteiger partial charge in [0.05, 0.1) is 29.9 Å². The van der Waals surface area contributed by atoms with E-state index in [4.69, 9.17) is 14.2 Å². The zero-order valence-corrected chi connectivity index (χ0v) is 25.2. The second-order valence-corrected chi connectivity index (χ2v) is 12.0. The van der Waals surface area contributed by atoms with Crippen LogP contribution in [0.15, 0.2) is 23.8 Å². The minimum absolute atomic E-state index is 0.0584. The van der Waals surface area contributed by atoms with Crippen LogP contribution in [0.3, 0.4) is 0 Å². The summed E-state index contributed by atoms with van der Waals surface area (Å²) in [5.74, 6) is 1.80. The first kappa shape index (κ1) is 30.7. The summed E-state index contributed by atoms with van der Waals surface area (Å²) in [5, 5.41) is 23.5. The number of aliphatic hydroxyl groups excluding tert-OH is 2. The predicted molar refractivity (Wildman–Crippen MR) is 155 cm³/mol.